The molecule has 5 nitrogen and oxygen atoms in total. The summed E-state index contributed by atoms with van der Waals surface area (Å²) in [4.78, 5) is 21.0. The number of carbonyl (C=O) groups is 2. The fraction of sp³-hybridized carbons (Fsp3) is 0.667. The largest absolute Gasteiger partial charge is 0.462 e. The lowest BCUT2D eigenvalue weighted by molar-refractivity contribution is -0.152. The minimum atomic E-state index is -0.953. The van der Waals surface area contributed by atoms with E-state index in [1.54, 1.807) is 0 Å². The molecule has 0 aliphatic heterocycles. The van der Waals surface area contributed by atoms with Crippen LogP contribution in [0.25, 0.3) is 0 Å². The van der Waals surface area contributed by atoms with Crippen molar-refractivity contribution in [1.82, 2.24) is 5.32 Å². The van der Waals surface area contributed by atoms with E-state index in [4.69, 9.17) is 5.11 Å². The normalized spacial score (nSPS) is 11.9. The SMILES string of the molecule is COC(=O)C(=O)NCC(C)O. The molecule has 0 heterocycles. The van der Waals surface area contributed by atoms with Crippen molar-refractivity contribution in [2.75, 3.05) is 13.7 Å². The molecule has 5 heteroatoms. The number of hydrogen-bond donors (Lipinski definition) is 2. The Balaban J connectivity index is 3.61. The second-order valence-corrected chi connectivity index (χ2v) is 2.05. The molecular formula is C6H11NO4. The van der Waals surface area contributed by atoms with Crippen LogP contribution in [0.5, 0.6) is 0 Å². The molecule has 1 unspecified atom stereocenters. The lowest BCUT2D eigenvalue weighted by Crippen LogP contribution is -2.36. The van der Waals surface area contributed by atoms with E-state index in [9.17, 15) is 9.59 Å². The number of carbonyl (C=O) groups excluding carboxylic acids is 2. The molecule has 0 saturated carbocycles. The number of amides is 1. The molecular weight excluding hydrogens is 150 g/mol. The van der Waals surface area contributed by atoms with Crippen LogP contribution in [-0.2, 0) is 14.3 Å². The average Bonchev–Trinajstić information content (AvgIpc) is 1.98. The van der Waals surface area contributed by atoms with Gasteiger partial charge < -0.3 is 15.2 Å². The third-order valence-corrected chi connectivity index (χ3v) is 0.929. The van der Waals surface area contributed by atoms with Crippen molar-refractivity contribution in [3.8, 4) is 0 Å². The number of aliphatic hydroxyl groups is 1. The van der Waals surface area contributed by atoms with Crippen molar-refractivity contribution >= 4 is 11.9 Å². The Hall–Kier alpha value is -1.10. The topological polar surface area (TPSA) is 75.6 Å². The highest BCUT2D eigenvalue weighted by Gasteiger charge is 2.12. The first kappa shape index (κ1) is 9.90. The fourth-order valence-corrected chi connectivity index (χ4v) is 0.405. The molecule has 0 aromatic heterocycles. The Morgan fingerprint density at radius 3 is 2.55 bits per heavy atom. The molecule has 1 atom stereocenters. The maximum Gasteiger partial charge on any atom is 0.396 e. The first-order valence-electron chi connectivity index (χ1n) is 3.12. The maximum atomic E-state index is 10.6. The predicted molar refractivity (Wildman–Crippen MR) is 36.7 cm³/mol. The van der Waals surface area contributed by atoms with E-state index in [0.717, 1.165) is 7.11 Å². The minimum Gasteiger partial charge on any atom is -0.462 e. The van der Waals surface area contributed by atoms with Crippen LogP contribution < -0.4 is 5.32 Å². The Labute approximate surface area is 64.3 Å². The summed E-state index contributed by atoms with van der Waals surface area (Å²) in [5.74, 6) is -1.79. The second kappa shape index (κ2) is 4.68. The number of aliphatic hydroxyl groups excluding tert-OH is 1. The van der Waals surface area contributed by atoms with Crippen LogP contribution in [0.4, 0.5) is 0 Å². The third kappa shape index (κ3) is 4.32. The van der Waals surface area contributed by atoms with Crippen molar-refractivity contribution in [1.29, 1.82) is 0 Å². The lowest BCUT2D eigenvalue weighted by atomic mass is 10.4. The quantitative estimate of drug-likeness (QED) is 0.388. The summed E-state index contributed by atoms with van der Waals surface area (Å²) in [5, 5.41) is 10.9. The number of hydrogen-bond acceptors (Lipinski definition) is 4. The van der Waals surface area contributed by atoms with Crippen molar-refractivity contribution in [3.05, 3.63) is 0 Å². The molecule has 0 spiro atoms. The van der Waals surface area contributed by atoms with Gasteiger partial charge in [-0.3, -0.25) is 4.79 Å². The molecule has 11 heavy (non-hydrogen) atoms. The zero-order chi connectivity index (χ0) is 8.85. The summed E-state index contributed by atoms with van der Waals surface area (Å²) >= 11 is 0. The van der Waals surface area contributed by atoms with Gasteiger partial charge in [-0.1, -0.05) is 0 Å². The third-order valence-electron chi connectivity index (χ3n) is 0.929. The predicted octanol–water partition coefficient (Wildman–Crippen LogP) is -1.34. The molecule has 0 aromatic carbocycles. The monoisotopic (exact) mass is 161 g/mol. The van der Waals surface area contributed by atoms with E-state index < -0.39 is 18.0 Å². The molecule has 0 rings (SSSR count). The highest BCUT2D eigenvalue weighted by atomic mass is 16.5. The average molecular weight is 161 g/mol. The summed E-state index contributed by atoms with van der Waals surface area (Å²) in [6.45, 7) is 1.55. The molecule has 0 bridgehead atoms. The van der Waals surface area contributed by atoms with Crippen molar-refractivity contribution in [2.24, 2.45) is 0 Å². The molecule has 0 aromatic rings. The first-order chi connectivity index (χ1) is 5.07. The highest BCUT2D eigenvalue weighted by Crippen LogP contribution is 1.77. The summed E-state index contributed by atoms with van der Waals surface area (Å²) in [6, 6.07) is 0. The second-order valence-electron chi connectivity index (χ2n) is 2.05. The Kier molecular flexibility index (Phi) is 4.21. The summed E-state index contributed by atoms with van der Waals surface area (Å²) in [7, 11) is 1.12. The molecule has 0 saturated heterocycles. The summed E-state index contributed by atoms with van der Waals surface area (Å²) in [5.41, 5.74) is 0. The molecule has 0 aliphatic carbocycles. The fourth-order valence-electron chi connectivity index (χ4n) is 0.405. The van der Waals surface area contributed by atoms with Crippen LogP contribution in [0.3, 0.4) is 0 Å². The molecule has 0 fully saturated rings. The molecule has 0 aliphatic rings. The summed E-state index contributed by atoms with van der Waals surface area (Å²) in [6.07, 6.45) is -0.663. The van der Waals surface area contributed by atoms with Gasteiger partial charge in [0.2, 0.25) is 0 Å². The Morgan fingerprint density at radius 2 is 2.18 bits per heavy atom. The van der Waals surface area contributed by atoms with Gasteiger partial charge >= 0.3 is 11.9 Å². The first-order valence-corrected chi connectivity index (χ1v) is 3.12. The van der Waals surface area contributed by atoms with Crippen molar-refractivity contribution in [2.45, 2.75) is 13.0 Å². The van der Waals surface area contributed by atoms with Crippen LogP contribution in [0, 0.1) is 0 Å². The van der Waals surface area contributed by atoms with Gasteiger partial charge in [0, 0.05) is 6.54 Å². The zero-order valence-electron chi connectivity index (χ0n) is 6.46. The van der Waals surface area contributed by atoms with Gasteiger partial charge in [0.15, 0.2) is 0 Å². The van der Waals surface area contributed by atoms with Gasteiger partial charge in [0.1, 0.15) is 0 Å². The van der Waals surface area contributed by atoms with E-state index in [-0.39, 0.29) is 6.54 Å². The van der Waals surface area contributed by atoms with Gasteiger partial charge in [-0.15, -0.1) is 0 Å². The standard InChI is InChI=1S/C6H11NO4/c1-4(8)3-7-5(9)6(10)11-2/h4,8H,3H2,1-2H3,(H,7,9). The van der Waals surface area contributed by atoms with Gasteiger partial charge in [0.25, 0.3) is 0 Å². The van der Waals surface area contributed by atoms with E-state index in [2.05, 4.69) is 10.1 Å². The summed E-state index contributed by atoms with van der Waals surface area (Å²) < 4.78 is 4.11. The van der Waals surface area contributed by atoms with Gasteiger partial charge in [-0.25, -0.2) is 4.79 Å². The Morgan fingerprint density at radius 1 is 1.64 bits per heavy atom. The van der Waals surface area contributed by atoms with Crippen molar-refractivity contribution in [3.63, 3.8) is 0 Å². The maximum absolute atomic E-state index is 10.6. The lowest BCUT2D eigenvalue weighted by Gasteiger charge is -2.04. The molecule has 1 amide bonds. The molecule has 64 valence electrons. The van der Waals surface area contributed by atoms with Crippen molar-refractivity contribution < 1.29 is 19.4 Å². The Bertz CT molecular complexity index is 155. The minimum absolute atomic E-state index is 0.0495. The van der Waals surface area contributed by atoms with Crippen LogP contribution in [0.1, 0.15) is 6.92 Å². The van der Waals surface area contributed by atoms with E-state index in [1.165, 1.54) is 6.92 Å². The van der Waals surface area contributed by atoms with E-state index in [1.807, 2.05) is 0 Å². The van der Waals surface area contributed by atoms with Crippen LogP contribution >= 0.6 is 0 Å². The molecule has 2 N–H and O–H groups in total. The van der Waals surface area contributed by atoms with Gasteiger partial charge in [-0.2, -0.15) is 0 Å². The van der Waals surface area contributed by atoms with Gasteiger partial charge in [-0.05, 0) is 6.92 Å². The number of esters is 1. The van der Waals surface area contributed by atoms with Crippen LogP contribution in [0.15, 0.2) is 0 Å². The number of nitrogens with one attached hydrogen (secondary N) is 1. The van der Waals surface area contributed by atoms with E-state index in [0.29, 0.717) is 0 Å². The number of methoxy groups -OCH3 is 1. The highest BCUT2D eigenvalue weighted by molar-refractivity contribution is 6.32. The molecule has 0 radical (unpaired) electrons. The van der Waals surface area contributed by atoms with Crippen LogP contribution in [-0.4, -0.2) is 36.7 Å². The van der Waals surface area contributed by atoms with Gasteiger partial charge in [0.05, 0.1) is 13.2 Å². The smallest absolute Gasteiger partial charge is 0.396 e. The van der Waals surface area contributed by atoms with E-state index >= 15 is 0 Å². The number of ether oxygens (including phenoxy) is 1. The van der Waals surface area contributed by atoms with Crippen LogP contribution in [0.2, 0.25) is 0 Å². The zero-order valence-corrected chi connectivity index (χ0v) is 6.46. The number of rotatable bonds is 2.